The van der Waals surface area contributed by atoms with Crippen LogP contribution in [0.2, 0.25) is 0 Å². The van der Waals surface area contributed by atoms with Gasteiger partial charge < -0.3 is 9.30 Å². The molecule has 0 unspecified atom stereocenters. The predicted molar refractivity (Wildman–Crippen MR) is 78.9 cm³/mol. The maximum atomic E-state index is 12.5. The number of rotatable bonds is 3. The van der Waals surface area contributed by atoms with Gasteiger partial charge in [-0.15, -0.1) is 0 Å². The minimum absolute atomic E-state index is 0.0954. The van der Waals surface area contributed by atoms with E-state index in [-0.39, 0.29) is 5.91 Å². The van der Waals surface area contributed by atoms with E-state index in [1.165, 1.54) is 0 Å². The average Bonchev–Trinajstić information content (AvgIpc) is 3.07. The zero-order valence-electron chi connectivity index (χ0n) is 12.3. The number of carbonyl (C=O) groups excluding carboxylic acids is 1. The Morgan fingerprint density at radius 1 is 1.43 bits per heavy atom. The topological polar surface area (TPSA) is 55.4 Å². The average molecular weight is 283 g/mol. The fraction of sp³-hybridized carbons (Fsp3) is 0.267. The molecule has 0 saturated carbocycles. The highest BCUT2D eigenvalue weighted by Gasteiger charge is 2.16. The second-order valence-corrected chi connectivity index (χ2v) is 5.15. The zero-order chi connectivity index (χ0) is 15.0. The van der Waals surface area contributed by atoms with Crippen molar-refractivity contribution in [2.45, 2.75) is 13.5 Å². The summed E-state index contributed by atoms with van der Waals surface area (Å²) in [5, 5.41) is 4.20. The van der Waals surface area contributed by atoms with E-state index in [0.29, 0.717) is 12.2 Å². The number of aromatic nitrogens is 4. The molecule has 3 aromatic heterocycles. The Bertz CT molecular complexity index is 801. The molecule has 3 heterocycles. The van der Waals surface area contributed by atoms with E-state index in [1.54, 1.807) is 35.2 Å². The molecule has 0 fully saturated rings. The Kier molecular flexibility index (Phi) is 3.21. The smallest absolute Gasteiger partial charge is 0.272 e. The molecule has 0 aliphatic carbocycles. The normalized spacial score (nSPS) is 11.0. The van der Waals surface area contributed by atoms with Gasteiger partial charge in [0.2, 0.25) is 0 Å². The first-order chi connectivity index (χ1) is 10.1. The molecule has 0 aromatic carbocycles. The first kappa shape index (κ1) is 13.4. The molecular weight excluding hydrogens is 266 g/mol. The molecule has 0 bridgehead atoms. The van der Waals surface area contributed by atoms with Crippen molar-refractivity contribution in [2.24, 2.45) is 7.05 Å². The third-order valence-electron chi connectivity index (χ3n) is 3.73. The highest BCUT2D eigenvalue weighted by molar-refractivity contribution is 5.93. The van der Waals surface area contributed by atoms with E-state index in [4.69, 9.17) is 0 Å². The lowest BCUT2D eigenvalue weighted by Gasteiger charge is -2.16. The molecule has 6 heteroatoms. The number of hydrogen-bond acceptors (Lipinski definition) is 3. The van der Waals surface area contributed by atoms with Gasteiger partial charge in [-0.05, 0) is 25.1 Å². The van der Waals surface area contributed by atoms with Crippen LogP contribution in [0.4, 0.5) is 0 Å². The lowest BCUT2D eigenvalue weighted by molar-refractivity contribution is 0.0779. The molecule has 0 saturated heterocycles. The zero-order valence-corrected chi connectivity index (χ0v) is 12.3. The Labute approximate surface area is 122 Å². The van der Waals surface area contributed by atoms with Crippen molar-refractivity contribution in [3.8, 4) is 0 Å². The molecule has 108 valence electrons. The SMILES string of the molecule is Cc1c(CN(C)C(=O)c2cc3cccn3cn2)cnn1C. The third kappa shape index (κ3) is 2.40. The van der Waals surface area contributed by atoms with Gasteiger partial charge in [0.05, 0.1) is 12.5 Å². The Morgan fingerprint density at radius 3 is 2.95 bits per heavy atom. The molecule has 0 N–H and O–H groups in total. The first-order valence-corrected chi connectivity index (χ1v) is 6.72. The lowest BCUT2D eigenvalue weighted by atomic mass is 10.2. The summed E-state index contributed by atoms with van der Waals surface area (Å²) in [6.07, 6.45) is 5.35. The number of fused-ring (bicyclic) bond motifs is 1. The summed E-state index contributed by atoms with van der Waals surface area (Å²) in [5.74, 6) is -0.0954. The molecule has 1 amide bonds. The molecule has 0 aliphatic heterocycles. The van der Waals surface area contributed by atoms with E-state index in [1.807, 2.05) is 36.7 Å². The minimum Gasteiger partial charge on any atom is -0.336 e. The number of aryl methyl sites for hydroxylation is 1. The van der Waals surface area contributed by atoms with Gasteiger partial charge in [-0.1, -0.05) is 0 Å². The first-order valence-electron chi connectivity index (χ1n) is 6.72. The van der Waals surface area contributed by atoms with Crippen molar-refractivity contribution >= 4 is 11.4 Å². The summed E-state index contributed by atoms with van der Waals surface area (Å²) in [6, 6.07) is 5.67. The van der Waals surface area contributed by atoms with E-state index in [0.717, 1.165) is 16.8 Å². The van der Waals surface area contributed by atoms with Gasteiger partial charge in [-0.25, -0.2) is 4.98 Å². The molecule has 3 aromatic rings. The second kappa shape index (κ2) is 5.05. The maximum Gasteiger partial charge on any atom is 0.272 e. The van der Waals surface area contributed by atoms with E-state index in [9.17, 15) is 4.79 Å². The molecule has 0 aliphatic rings. The quantitative estimate of drug-likeness (QED) is 0.734. The fourth-order valence-corrected chi connectivity index (χ4v) is 2.28. The third-order valence-corrected chi connectivity index (χ3v) is 3.73. The van der Waals surface area contributed by atoms with Crippen LogP contribution in [-0.4, -0.2) is 37.0 Å². The van der Waals surface area contributed by atoms with Gasteiger partial charge in [0.1, 0.15) is 5.69 Å². The second-order valence-electron chi connectivity index (χ2n) is 5.15. The minimum atomic E-state index is -0.0954. The Hall–Kier alpha value is -2.63. The molecule has 21 heavy (non-hydrogen) atoms. The van der Waals surface area contributed by atoms with Crippen molar-refractivity contribution in [1.82, 2.24) is 24.1 Å². The van der Waals surface area contributed by atoms with Crippen molar-refractivity contribution in [2.75, 3.05) is 7.05 Å². The van der Waals surface area contributed by atoms with Crippen LogP contribution in [0.15, 0.2) is 36.9 Å². The lowest BCUT2D eigenvalue weighted by Crippen LogP contribution is -2.27. The van der Waals surface area contributed by atoms with Crippen molar-refractivity contribution in [3.05, 3.63) is 53.9 Å². The molecule has 0 atom stereocenters. The van der Waals surface area contributed by atoms with Crippen LogP contribution in [-0.2, 0) is 13.6 Å². The van der Waals surface area contributed by atoms with Gasteiger partial charge in [0.25, 0.3) is 5.91 Å². The van der Waals surface area contributed by atoms with Gasteiger partial charge in [0, 0.05) is 43.6 Å². The highest BCUT2D eigenvalue weighted by Crippen LogP contribution is 2.12. The number of hydrogen-bond donors (Lipinski definition) is 0. The van der Waals surface area contributed by atoms with Crippen LogP contribution < -0.4 is 0 Å². The Morgan fingerprint density at radius 2 is 2.24 bits per heavy atom. The fourth-order valence-electron chi connectivity index (χ4n) is 2.28. The van der Waals surface area contributed by atoms with Crippen LogP contribution in [0, 0.1) is 6.92 Å². The largest absolute Gasteiger partial charge is 0.336 e. The summed E-state index contributed by atoms with van der Waals surface area (Å²) in [5.41, 5.74) is 3.51. The van der Waals surface area contributed by atoms with Crippen LogP contribution in [0.1, 0.15) is 21.7 Å². The van der Waals surface area contributed by atoms with Crippen LogP contribution in [0.25, 0.3) is 5.52 Å². The summed E-state index contributed by atoms with van der Waals surface area (Å²) in [6.45, 7) is 2.51. The molecular formula is C15H17N5O. The van der Waals surface area contributed by atoms with Gasteiger partial charge in [-0.3, -0.25) is 9.48 Å². The number of nitrogens with zero attached hydrogens (tertiary/aromatic N) is 5. The summed E-state index contributed by atoms with van der Waals surface area (Å²) >= 11 is 0. The molecule has 0 radical (unpaired) electrons. The maximum absolute atomic E-state index is 12.5. The van der Waals surface area contributed by atoms with Crippen molar-refractivity contribution < 1.29 is 4.79 Å². The van der Waals surface area contributed by atoms with Gasteiger partial charge in [0.15, 0.2) is 0 Å². The van der Waals surface area contributed by atoms with Crippen molar-refractivity contribution in [3.63, 3.8) is 0 Å². The van der Waals surface area contributed by atoms with Gasteiger partial charge >= 0.3 is 0 Å². The number of amides is 1. The van der Waals surface area contributed by atoms with Crippen LogP contribution in [0.3, 0.4) is 0 Å². The van der Waals surface area contributed by atoms with E-state index in [2.05, 4.69) is 10.1 Å². The molecule has 0 spiro atoms. The Balaban J connectivity index is 1.81. The van der Waals surface area contributed by atoms with Crippen LogP contribution in [0.5, 0.6) is 0 Å². The van der Waals surface area contributed by atoms with E-state index >= 15 is 0 Å². The highest BCUT2D eigenvalue weighted by atomic mass is 16.2. The van der Waals surface area contributed by atoms with Crippen LogP contribution >= 0.6 is 0 Å². The predicted octanol–water partition coefficient (Wildman–Crippen LogP) is 1.65. The summed E-state index contributed by atoms with van der Waals surface area (Å²) < 4.78 is 3.68. The standard InChI is InChI=1S/C15H17N5O/c1-11-12(8-17-19(11)3)9-18(2)15(21)14-7-13-5-4-6-20(13)10-16-14/h4-8,10H,9H2,1-3H3. The molecule has 3 rings (SSSR count). The monoisotopic (exact) mass is 283 g/mol. The number of carbonyl (C=O) groups is 1. The van der Waals surface area contributed by atoms with E-state index < -0.39 is 0 Å². The summed E-state index contributed by atoms with van der Waals surface area (Å²) in [4.78, 5) is 18.3. The van der Waals surface area contributed by atoms with Crippen molar-refractivity contribution in [1.29, 1.82) is 0 Å². The summed E-state index contributed by atoms with van der Waals surface area (Å²) in [7, 11) is 3.67. The van der Waals surface area contributed by atoms with Gasteiger partial charge in [-0.2, -0.15) is 5.10 Å². The molecule has 6 nitrogen and oxygen atoms in total.